The molecule has 0 N–H and O–H groups in total. The van der Waals surface area contributed by atoms with Crippen LogP contribution in [0.5, 0.6) is 0 Å². The highest BCUT2D eigenvalue weighted by Gasteiger charge is 2.52. The summed E-state index contributed by atoms with van der Waals surface area (Å²) in [6.45, 7) is 0. The van der Waals surface area contributed by atoms with Gasteiger partial charge in [0.05, 0.1) is 30.1 Å². The molecule has 3 rings (SSSR count). The average molecular weight is 289 g/mol. The van der Waals surface area contributed by atoms with Crippen molar-refractivity contribution in [2.45, 2.75) is 6.42 Å². The highest BCUT2D eigenvalue weighted by Crippen LogP contribution is 2.40. The molecule has 2 amide bonds. The van der Waals surface area contributed by atoms with Gasteiger partial charge in [0.1, 0.15) is 0 Å². The Labute approximate surface area is 119 Å². The van der Waals surface area contributed by atoms with Crippen molar-refractivity contribution in [2.75, 3.05) is 7.11 Å². The maximum Gasteiger partial charge on any atom is 0.337 e. The fourth-order valence-corrected chi connectivity index (χ4v) is 2.28. The predicted molar refractivity (Wildman–Crippen MR) is 66.6 cm³/mol. The molecule has 1 fully saturated rings. The molecule has 0 spiro atoms. The van der Waals surface area contributed by atoms with Gasteiger partial charge < -0.3 is 9.57 Å². The summed E-state index contributed by atoms with van der Waals surface area (Å²) in [5, 5.41) is 0.444. The summed E-state index contributed by atoms with van der Waals surface area (Å²) in [7, 11) is 1.23. The molecule has 7 heteroatoms. The van der Waals surface area contributed by atoms with E-state index >= 15 is 0 Å². The largest absolute Gasteiger partial charge is 0.469 e. The number of ether oxygens (including phenoxy) is 1. The number of hydrogen-bond donors (Lipinski definition) is 0. The number of carbonyl (C=O) groups excluding carboxylic acids is 4. The van der Waals surface area contributed by atoms with Gasteiger partial charge in [-0.1, -0.05) is 17.2 Å². The topological polar surface area (TPSA) is 90.0 Å². The second-order valence-electron chi connectivity index (χ2n) is 4.83. The number of hydroxylamine groups is 2. The van der Waals surface area contributed by atoms with E-state index in [4.69, 9.17) is 4.84 Å². The molecule has 0 unspecified atom stereocenters. The molecule has 0 saturated heterocycles. The Kier molecular flexibility index (Phi) is 2.97. The van der Waals surface area contributed by atoms with Gasteiger partial charge in [-0.25, -0.2) is 4.79 Å². The number of esters is 1. The standard InChI is InChI=1S/C14H11NO6/c1-20-13(18)9-6-10(9)14(19)21-15-11(16)7-4-2-3-5-8(7)12(15)17/h2-5,9-10H,6H2,1H3/t9-,10-/m0/s1. The molecule has 2 atom stereocenters. The Morgan fingerprint density at radius 2 is 1.57 bits per heavy atom. The van der Waals surface area contributed by atoms with Crippen molar-refractivity contribution >= 4 is 23.8 Å². The summed E-state index contributed by atoms with van der Waals surface area (Å²) in [6, 6.07) is 6.20. The molecule has 1 aliphatic heterocycles. The zero-order valence-electron chi connectivity index (χ0n) is 11.1. The summed E-state index contributed by atoms with van der Waals surface area (Å²) in [4.78, 5) is 52.0. The molecular formula is C14H11NO6. The molecule has 0 aromatic heterocycles. The van der Waals surface area contributed by atoms with Gasteiger partial charge in [0.25, 0.3) is 11.8 Å². The molecule has 1 saturated carbocycles. The van der Waals surface area contributed by atoms with Crippen LogP contribution in [-0.4, -0.2) is 35.9 Å². The monoisotopic (exact) mass is 289 g/mol. The van der Waals surface area contributed by atoms with Crippen molar-refractivity contribution in [1.29, 1.82) is 0 Å². The molecular weight excluding hydrogens is 278 g/mol. The minimum atomic E-state index is -0.778. The van der Waals surface area contributed by atoms with Gasteiger partial charge in [-0.15, -0.1) is 0 Å². The number of carbonyl (C=O) groups is 4. The lowest BCUT2D eigenvalue weighted by molar-refractivity contribution is -0.171. The number of benzene rings is 1. The quantitative estimate of drug-likeness (QED) is 0.596. The lowest BCUT2D eigenvalue weighted by Gasteiger charge is -2.12. The van der Waals surface area contributed by atoms with Gasteiger partial charge in [0.15, 0.2) is 0 Å². The van der Waals surface area contributed by atoms with Gasteiger partial charge in [-0.2, -0.15) is 0 Å². The number of hydrogen-bond acceptors (Lipinski definition) is 6. The van der Waals surface area contributed by atoms with Crippen molar-refractivity contribution in [3.8, 4) is 0 Å². The van der Waals surface area contributed by atoms with E-state index < -0.39 is 35.6 Å². The minimum absolute atomic E-state index is 0.190. The summed E-state index contributed by atoms with van der Waals surface area (Å²) >= 11 is 0. The van der Waals surface area contributed by atoms with E-state index in [2.05, 4.69) is 4.74 Å². The molecule has 0 radical (unpaired) electrons. The molecule has 1 aliphatic carbocycles. The molecule has 108 valence electrons. The van der Waals surface area contributed by atoms with Gasteiger partial charge in [-0.3, -0.25) is 14.4 Å². The number of amides is 2. The van der Waals surface area contributed by atoms with Crippen LogP contribution in [0.1, 0.15) is 27.1 Å². The third-order valence-electron chi connectivity index (χ3n) is 3.54. The lowest BCUT2D eigenvalue weighted by Crippen LogP contribution is -2.33. The first-order valence-corrected chi connectivity index (χ1v) is 6.32. The highest BCUT2D eigenvalue weighted by atomic mass is 16.7. The van der Waals surface area contributed by atoms with E-state index in [-0.39, 0.29) is 11.1 Å². The Morgan fingerprint density at radius 1 is 1.05 bits per heavy atom. The normalized spacial score (nSPS) is 22.8. The first kappa shape index (κ1) is 13.3. The zero-order valence-corrected chi connectivity index (χ0v) is 11.1. The van der Waals surface area contributed by atoms with Gasteiger partial charge in [0, 0.05) is 0 Å². The Balaban J connectivity index is 1.70. The maximum atomic E-state index is 12.0. The van der Waals surface area contributed by atoms with Crippen LogP contribution in [0.25, 0.3) is 0 Å². The van der Waals surface area contributed by atoms with E-state index in [9.17, 15) is 19.2 Å². The van der Waals surface area contributed by atoms with E-state index in [0.29, 0.717) is 11.5 Å². The van der Waals surface area contributed by atoms with Gasteiger partial charge in [0.2, 0.25) is 0 Å². The number of imide groups is 1. The predicted octanol–water partition coefficient (Wildman–Crippen LogP) is 0.550. The number of nitrogens with zero attached hydrogens (tertiary/aromatic N) is 1. The van der Waals surface area contributed by atoms with Crippen molar-refractivity contribution < 1.29 is 28.8 Å². The van der Waals surface area contributed by atoms with E-state index in [1.165, 1.54) is 19.2 Å². The Hall–Kier alpha value is -2.70. The second kappa shape index (κ2) is 4.69. The third-order valence-corrected chi connectivity index (χ3v) is 3.54. The van der Waals surface area contributed by atoms with Crippen molar-refractivity contribution in [3.05, 3.63) is 35.4 Å². The van der Waals surface area contributed by atoms with E-state index in [1.807, 2.05) is 0 Å². The van der Waals surface area contributed by atoms with Crippen LogP contribution in [0.4, 0.5) is 0 Å². The maximum absolute atomic E-state index is 12.0. The molecule has 7 nitrogen and oxygen atoms in total. The smallest absolute Gasteiger partial charge is 0.337 e. The number of fused-ring (bicyclic) bond motifs is 1. The molecule has 1 aromatic carbocycles. The van der Waals surface area contributed by atoms with Gasteiger partial charge >= 0.3 is 11.9 Å². The summed E-state index contributed by atoms with van der Waals surface area (Å²) in [5.74, 6) is -3.86. The van der Waals surface area contributed by atoms with Crippen LogP contribution in [0.2, 0.25) is 0 Å². The van der Waals surface area contributed by atoms with Crippen molar-refractivity contribution in [3.63, 3.8) is 0 Å². The van der Waals surface area contributed by atoms with Crippen molar-refractivity contribution in [1.82, 2.24) is 5.06 Å². The third kappa shape index (κ3) is 2.06. The molecule has 0 bridgehead atoms. The highest BCUT2D eigenvalue weighted by molar-refractivity contribution is 6.20. The fraction of sp³-hybridized carbons (Fsp3) is 0.286. The first-order chi connectivity index (χ1) is 10.0. The molecule has 1 heterocycles. The lowest BCUT2D eigenvalue weighted by atomic mass is 10.1. The average Bonchev–Trinajstić information content (AvgIpc) is 3.27. The first-order valence-electron chi connectivity index (χ1n) is 6.32. The van der Waals surface area contributed by atoms with E-state index in [0.717, 1.165) is 0 Å². The Morgan fingerprint density at radius 3 is 2.10 bits per heavy atom. The molecule has 21 heavy (non-hydrogen) atoms. The van der Waals surface area contributed by atoms with Crippen LogP contribution in [0.15, 0.2) is 24.3 Å². The minimum Gasteiger partial charge on any atom is -0.469 e. The number of rotatable bonds is 3. The van der Waals surface area contributed by atoms with Crippen LogP contribution < -0.4 is 0 Å². The van der Waals surface area contributed by atoms with Crippen LogP contribution in [0.3, 0.4) is 0 Å². The number of methoxy groups -OCH3 is 1. The van der Waals surface area contributed by atoms with Crippen LogP contribution >= 0.6 is 0 Å². The summed E-state index contributed by atoms with van der Waals surface area (Å²) in [5.41, 5.74) is 0.381. The second-order valence-corrected chi connectivity index (χ2v) is 4.83. The molecule has 2 aliphatic rings. The van der Waals surface area contributed by atoms with Gasteiger partial charge in [-0.05, 0) is 18.6 Å². The van der Waals surface area contributed by atoms with Crippen LogP contribution in [0, 0.1) is 11.8 Å². The Bertz CT molecular complexity index is 632. The fourth-order valence-electron chi connectivity index (χ4n) is 2.28. The van der Waals surface area contributed by atoms with Crippen molar-refractivity contribution in [2.24, 2.45) is 11.8 Å². The zero-order chi connectivity index (χ0) is 15.1. The van der Waals surface area contributed by atoms with Crippen LogP contribution in [-0.2, 0) is 19.2 Å². The summed E-state index contributed by atoms with van der Waals surface area (Å²) in [6.07, 6.45) is 0.300. The SMILES string of the molecule is COC(=O)[C@H]1C[C@@H]1C(=O)ON1C(=O)c2ccccc2C1=O. The summed E-state index contributed by atoms with van der Waals surface area (Å²) < 4.78 is 4.52. The molecule has 1 aromatic rings. The van der Waals surface area contributed by atoms with E-state index in [1.54, 1.807) is 12.1 Å².